The number of nitrogens with two attached hydrogens (primary N) is 1. The second-order valence-electron chi connectivity index (χ2n) is 5.42. The van der Waals surface area contributed by atoms with Gasteiger partial charge in [0.15, 0.2) is 0 Å². The first-order valence-electron chi connectivity index (χ1n) is 7.52. The summed E-state index contributed by atoms with van der Waals surface area (Å²) in [5.74, 6) is 6.16. The van der Waals surface area contributed by atoms with Crippen molar-refractivity contribution in [2.24, 2.45) is 10.9 Å². The van der Waals surface area contributed by atoms with Crippen molar-refractivity contribution in [3.63, 3.8) is 0 Å². The van der Waals surface area contributed by atoms with E-state index < -0.39 is 0 Å². The van der Waals surface area contributed by atoms with E-state index in [1.54, 1.807) is 5.01 Å². The minimum atomic E-state index is 0.314. The molecule has 0 fully saturated rings. The van der Waals surface area contributed by atoms with Gasteiger partial charge in [-0.25, -0.2) is 0 Å². The maximum atomic E-state index is 6.16. The van der Waals surface area contributed by atoms with E-state index in [2.05, 4.69) is 13.2 Å². The molecule has 24 heavy (non-hydrogen) atoms. The van der Waals surface area contributed by atoms with Crippen molar-refractivity contribution in [3.8, 4) is 0 Å². The quantitative estimate of drug-likeness (QED) is 0.510. The minimum absolute atomic E-state index is 0.314. The van der Waals surface area contributed by atoms with Gasteiger partial charge in [0.2, 0.25) is 0 Å². The van der Waals surface area contributed by atoms with Crippen molar-refractivity contribution in [3.05, 3.63) is 103 Å². The van der Waals surface area contributed by atoms with E-state index in [0.29, 0.717) is 26.4 Å². The van der Waals surface area contributed by atoms with Crippen molar-refractivity contribution in [1.82, 2.24) is 7.78 Å². The van der Waals surface area contributed by atoms with Crippen LogP contribution in [-0.2, 0) is 26.4 Å². The van der Waals surface area contributed by atoms with Gasteiger partial charge in [-0.05, 0) is 0 Å². The first-order chi connectivity index (χ1) is 11.6. The molecule has 0 aliphatic carbocycles. The molecule has 2 heterocycles. The first-order valence-corrected chi connectivity index (χ1v) is 9.98. The Labute approximate surface area is 158 Å². The molecule has 0 amide bonds. The van der Waals surface area contributed by atoms with Crippen LogP contribution in [0.25, 0.3) is 5.57 Å². The van der Waals surface area contributed by atoms with E-state index in [4.69, 9.17) is 10.9 Å². The average molecular weight is 502 g/mol. The predicted molar refractivity (Wildman–Crippen MR) is 94.4 cm³/mol. The number of hydrazine groups is 1. The van der Waals surface area contributed by atoms with Gasteiger partial charge in [-0.15, -0.1) is 0 Å². The van der Waals surface area contributed by atoms with E-state index in [1.165, 1.54) is 0 Å². The zero-order valence-electron chi connectivity index (χ0n) is 13.4. The van der Waals surface area contributed by atoms with Crippen LogP contribution in [0, 0.1) is 0 Å². The van der Waals surface area contributed by atoms with Gasteiger partial charge >= 0.3 is 159 Å². The van der Waals surface area contributed by atoms with Gasteiger partial charge in [0.25, 0.3) is 0 Å². The van der Waals surface area contributed by atoms with E-state index in [-0.39, 0.29) is 0 Å². The SMILES string of the molecule is C=C(/C(C1=N[N]([Hg])C(=C)C=C1)=C1/C=CC=CN1N)c1ccccc1. The summed E-state index contributed by atoms with van der Waals surface area (Å²) in [6.07, 6.45) is 11.6. The molecule has 3 rings (SSSR count). The summed E-state index contributed by atoms with van der Waals surface area (Å²) in [5, 5.41) is 6.31. The fourth-order valence-corrected chi connectivity index (χ4v) is 3.52. The molecule has 1 aromatic rings. The third-order valence-corrected chi connectivity index (χ3v) is 5.95. The van der Waals surface area contributed by atoms with Gasteiger partial charge in [0.05, 0.1) is 0 Å². The summed E-state index contributed by atoms with van der Waals surface area (Å²) in [6, 6.07) is 10.1. The molecule has 1 aromatic carbocycles. The number of allylic oxidation sites excluding steroid dienone is 7. The number of hydrogen-bond donors (Lipinski definition) is 1. The molecule has 0 atom stereocenters. The number of benzene rings is 1. The molecular weight excluding hydrogens is 485 g/mol. The normalized spacial score (nSPS) is 18.8. The average Bonchev–Trinajstić information content (AvgIpc) is 2.60. The third-order valence-electron chi connectivity index (χ3n) is 3.82. The topological polar surface area (TPSA) is 44.9 Å². The molecule has 0 unspecified atom stereocenters. The zero-order chi connectivity index (χ0) is 17.1. The Morgan fingerprint density at radius 3 is 2.50 bits per heavy atom. The van der Waals surface area contributed by atoms with E-state index in [9.17, 15) is 0 Å². The maximum absolute atomic E-state index is 6.16. The Morgan fingerprint density at radius 1 is 1.08 bits per heavy atom. The van der Waals surface area contributed by atoms with Crippen LogP contribution in [0.5, 0.6) is 0 Å². The molecule has 0 spiro atoms. The van der Waals surface area contributed by atoms with E-state index >= 15 is 0 Å². The van der Waals surface area contributed by atoms with Gasteiger partial charge in [-0.2, -0.15) is 0 Å². The van der Waals surface area contributed by atoms with Crippen LogP contribution in [0.3, 0.4) is 0 Å². The third kappa shape index (κ3) is 3.35. The van der Waals surface area contributed by atoms with Gasteiger partial charge in [-0.1, -0.05) is 0 Å². The molecule has 0 saturated carbocycles. The van der Waals surface area contributed by atoms with Crippen LogP contribution < -0.4 is 5.84 Å². The van der Waals surface area contributed by atoms with Crippen LogP contribution in [0.1, 0.15) is 5.56 Å². The number of hydrazone groups is 1. The summed E-state index contributed by atoms with van der Waals surface area (Å²) in [5.41, 5.74) is 5.48. The fraction of sp³-hybridized carbons (Fsp3) is 0. The monoisotopic (exact) mass is 503 g/mol. The number of rotatable bonds is 3. The number of nitrogens with zero attached hydrogens (tertiary/aromatic N) is 3. The first kappa shape index (κ1) is 16.7. The van der Waals surface area contributed by atoms with Crippen LogP contribution in [0.15, 0.2) is 102 Å². The second kappa shape index (κ2) is 7.15. The van der Waals surface area contributed by atoms with Crippen molar-refractivity contribution in [2.45, 2.75) is 0 Å². The van der Waals surface area contributed by atoms with Crippen LogP contribution in [0.4, 0.5) is 0 Å². The summed E-state index contributed by atoms with van der Waals surface area (Å²) >= 11 is 0.314. The molecule has 0 radical (unpaired) electrons. The Hall–Kier alpha value is -2.17. The predicted octanol–water partition coefficient (Wildman–Crippen LogP) is 3.42. The molecule has 0 saturated heterocycles. The zero-order valence-corrected chi connectivity index (χ0v) is 18.9. The molecule has 2 aliphatic rings. The molecule has 2 aliphatic heterocycles. The Balaban J connectivity index is 2.15. The van der Waals surface area contributed by atoms with Crippen molar-refractivity contribution in [1.29, 1.82) is 0 Å². The second-order valence-corrected chi connectivity index (χ2v) is 7.75. The summed E-state index contributed by atoms with van der Waals surface area (Å²) in [7, 11) is 0. The van der Waals surface area contributed by atoms with Gasteiger partial charge in [0, 0.05) is 0 Å². The Bertz CT molecular complexity index is 828. The van der Waals surface area contributed by atoms with Crippen LogP contribution in [-0.4, -0.2) is 13.5 Å². The molecule has 5 heteroatoms. The Morgan fingerprint density at radius 2 is 1.83 bits per heavy atom. The van der Waals surface area contributed by atoms with Crippen molar-refractivity contribution < 1.29 is 26.4 Å². The molecule has 4 nitrogen and oxygen atoms in total. The fourth-order valence-electron chi connectivity index (χ4n) is 2.51. The van der Waals surface area contributed by atoms with Crippen LogP contribution >= 0.6 is 0 Å². The summed E-state index contributed by atoms with van der Waals surface area (Å²) in [4.78, 5) is 0. The molecule has 2 N–H and O–H groups in total. The molecule has 0 aromatic heterocycles. The van der Waals surface area contributed by atoms with Gasteiger partial charge in [-0.3, -0.25) is 0 Å². The Kier molecular flexibility index (Phi) is 4.97. The van der Waals surface area contributed by atoms with Crippen molar-refractivity contribution >= 4 is 11.3 Å². The molecule has 115 valence electrons. The summed E-state index contributed by atoms with van der Waals surface area (Å²) < 4.78 is 1.94. The van der Waals surface area contributed by atoms with Gasteiger partial charge < -0.3 is 0 Å². The van der Waals surface area contributed by atoms with E-state index in [1.807, 2.05) is 69.7 Å². The number of hydrogen-bond acceptors (Lipinski definition) is 4. The van der Waals surface area contributed by atoms with Gasteiger partial charge in [0.1, 0.15) is 0 Å². The van der Waals surface area contributed by atoms with Crippen LogP contribution in [0.2, 0.25) is 0 Å². The van der Waals surface area contributed by atoms with Crippen molar-refractivity contribution in [2.75, 3.05) is 0 Å². The molecular formula is C19H17HgN4. The summed E-state index contributed by atoms with van der Waals surface area (Å²) in [6.45, 7) is 8.32. The van der Waals surface area contributed by atoms with E-state index in [0.717, 1.165) is 33.8 Å². The molecule has 0 bridgehead atoms. The standard InChI is InChI=1S/C19H17N4.Hg/c1-14-11-12-17(22-21-14)19(18-10-6-7-13-23(18)20)15(2)16-8-4-3-5-9-16;/h3-13H,1-2,20H2;/q-1;+1/b19-18+;.